The number of para-hydroxylation sites is 2. The minimum atomic E-state index is -0.547. The first kappa shape index (κ1) is 24.2. The van der Waals surface area contributed by atoms with Gasteiger partial charge in [0.05, 0.1) is 37.2 Å². The van der Waals surface area contributed by atoms with E-state index >= 15 is 0 Å². The summed E-state index contributed by atoms with van der Waals surface area (Å²) in [7, 11) is 3.06. The number of anilines is 1. The summed E-state index contributed by atoms with van der Waals surface area (Å²) in [5, 5.41) is 6.55. The van der Waals surface area contributed by atoms with E-state index in [1.165, 1.54) is 13.3 Å². The van der Waals surface area contributed by atoms with Gasteiger partial charge in [0.1, 0.15) is 12.2 Å². The van der Waals surface area contributed by atoms with Crippen molar-refractivity contribution < 1.29 is 23.8 Å². The molecule has 0 saturated heterocycles. The summed E-state index contributed by atoms with van der Waals surface area (Å²) >= 11 is 3.47. The molecule has 0 aliphatic heterocycles. The molecule has 0 bridgehead atoms. The predicted molar refractivity (Wildman–Crippen MR) is 123 cm³/mol. The first-order valence-electron chi connectivity index (χ1n) is 9.73. The van der Waals surface area contributed by atoms with Gasteiger partial charge in [-0.15, -0.1) is 0 Å². The highest BCUT2D eigenvalue weighted by molar-refractivity contribution is 9.10. The van der Waals surface area contributed by atoms with Crippen molar-refractivity contribution >= 4 is 39.6 Å². The Morgan fingerprint density at radius 3 is 2.55 bits per heavy atom. The van der Waals surface area contributed by atoms with Crippen LogP contribution in [0, 0.1) is 0 Å². The normalized spacial score (nSPS) is 10.6. The Morgan fingerprint density at radius 1 is 1.10 bits per heavy atom. The van der Waals surface area contributed by atoms with Crippen molar-refractivity contribution in [3.05, 3.63) is 46.4 Å². The number of hydrogen-bond donors (Lipinski definition) is 2. The molecule has 2 N–H and O–H groups in total. The maximum absolute atomic E-state index is 12.1. The van der Waals surface area contributed by atoms with Gasteiger partial charge >= 0.3 is 0 Å². The minimum Gasteiger partial charge on any atom is -0.495 e. The van der Waals surface area contributed by atoms with Crippen molar-refractivity contribution in [2.24, 2.45) is 5.10 Å². The van der Waals surface area contributed by atoms with Crippen LogP contribution in [-0.4, -0.2) is 38.9 Å². The van der Waals surface area contributed by atoms with Crippen LogP contribution in [0.25, 0.3) is 0 Å². The van der Waals surface area contributed by atoms with E-state index in [-0.39, 0.29) is 6.42 Å². The molecule has 0 spiro atoms. The van der Waals surface area contributed by atoms with Crippen LogP contribution in [-0.2, 0) is 9.59 Å². The van der Waals surface area contributed by atoms with Gasteiger partial charge in [-0.25, -0.2) is 5.43 Å². The van der Waals surface area contributed by atoms with E-state index in [0.29, 0.717) is 39.6 Å². The lowest BCUT2D eigenvalue weighted by Crippen LogP contribution is -2.24. The molecule has 2 aromatic rings. The number of hydrazone groups is 1. The largest absolute Gasteiger partial charge is 0.495 e. The van der Waals surface area contributed by atoms with E-state index in [4.69, 9.17) is 14.2 Å². The van der Waals surface area contributed by atoms with E-state index < -0.39 is 11.8 Å². The highest BCUT2D eigenvalue weighted by atomic mass is 79.9. The molecule has 0 aromatic heterocycles. The Balaban J connectivity index is 1.93. The summed E-state index contributed by atoms with van der Waals surface area (Å²) in [5.41, 5.74) is 3.52. The molecule has 31 heavy (non-hydrogen) atoms. The quantitative estimate of drug-likeness (QED) is 0.213. The molecule has 0 saturated carbocycles. The molecule has 9 heteroatoms. The monoisotopic (exact) mass is 491 g/mol. The molecular weight excluding hydrogens is 466 g/mol. The summed E-state index contributed by atoms with van der Waals surface area (Å²) in [6.45, 7) is 2.68. The number of nitrogens with zero attached hydrogens (tertiary/aromatic N) is 1. The molecule has 2 rings (SSSR count). The lowest BCUT2D eigenvalue weighted by atomic mass is 10.2. The van der Waals surface area contributed by atoms with Gasteiger partial charge in [-0.3, -0.25) is 9.59 Å². The van der Waals surface area contributed by atoms with Gasteiger partial charge in [-0.05, 0) is 52.2 Å². The van der Waals surface area contributed by atoms with Crippen LogP contribution < -0.4 is 25.0 Å². The van der Waals surface area contributed by atoms with Gasteiger partial charge in [-0.2, -0.15) is 5.10 Å². The van der Waals surface area contributed by atoms with Crippen molar-refractivity contribution in [2.45, 2.75) is 26.2 Å². The molecule has 0 atom stereocenters. The second kappa shape index (κ2) is 12.6. The molecule has 0 aliphatic carbocycles. The van der Waals surface area contributed by atoms with Crippen LogP contribution in [0.5, 0.6) is 17.2 Å². The standard InChI is InChI=1S/C22H26BrN3O5/c1-4-5-10-31-22-16(23)11-15(12-19(22)30-3)14-24-26-21(28)13-20(27)25-17-8-6-7-9-18(17)29-2/h6-9,11-12,14H,4-5,10,13H2,1-3H3,(H,25,27)(H,26,28). The summed E-state index contributed by atoms with van der Waals surface area (Å²) < 4.78 is 17.0. The summed E-state index contributed by atoms with van der Waals surface area (Å²) in [4.78, 5) is 24.1. The first-order valence-corrected chi connectivity index (χ1v) is 10.5. The van der Waals surface area contributed by atoms with E-state index in [1.54, 1.807) is 43.5 Å². The predicted octanol–water partition coefficient (Wildman–Crippen LogP) is 4.12. The van der Waals surface area contributed by atoms with Gasteiger partial charge < -0.3 is 19.5 Å². The number of carbonyl (C=O) groups excluding carboxylic acids is 2. The zero-order valence-electron chi connectivity index (χ0n) is 17.7. The van der Waals surface area contributed by atoms with Crippen LogP contribution >= 0.6 is 15.9 Å². The number of nitrogens with one attached hydrogen (secondary N) is 2. The molecule has 0 aliphatic rings. The van der Waals surface area contributed by atoms with Crippen LogP contribution in [0.15, 0.2) is 46.0 Å². The molecular formula is C22H26BrN3O5. The molecule has 166 valence electrons. The fourth-order valence-electron chi connectivity index (χ4n) is 2.58. The Hall–Kier alpha value is -3.07. The number of benzene rings is 2. The van der Waals surface area contributed by atoms with Gasteiger partial charge in [-0.1, -0.05) is 25.5 Å². The molecule has 8 nitrogen and oxygen atoms in total. The van der Waals surface area contributed by atoms with Crippen molar-refractivity contribution in [1.82, 2.24) is 5.43 Å². The molecule has 2 aromatic carbocycles. The minimum absolute atomic E-state index is 0.382. The third kappa shape index (κ3) is 7.60. The number of amides is 2. The zero-order chi connectivity index (χ0) is 22.6. The van der Waals surface area contributed by atoms with Crippen molar-refractivity contribution in [2.75, 3.05) is 26.1 Å². The van der Waals surface area contributed by atoms with Crippen LogP contribution in [0.1, 0.15) is 31.7 Å². The number of methoxy groups -OCH3 is 2. The van der Waals surface area contributed by atoms with Crippen molar-refractivity contribution in [3.8, 4) is 17.2 Å². The average Bonchev–Trinajstić information content (AvgIpc) is 2.75. The van der Waals surface area contributed by atoms with Gasteiger partial charge in [0, 0.05) is 0 Å². The zero-order valence-corrected chi connectivity index (χ0v) is 19.3. The van der Waals surface area contributed by atoms with Gasteiger partial charge in [0.2, 0.25) is 11.8 Å². The lowest BCUT2D eigenvalue weighted by molar-refractivity contribution is -0.126. The number of ether oxygens (including phenoxy) is 3. The highest BCUT2D eigenvalue weighted by Crippen LogP contribution is 2.36. The second-order valence-electron chi connectivity index (χ2n) is 6.45. The summed E-state index contributed by atoms with van der Waals surface area (Å²) in [6.07, 6.45) is 3.04. The number of carbonyl (C=O) groups is 2. The summed E-state index contributed by atoms with van der Waals surface area (Å²) in [6, 6.07) is 10.5. The highest BCUT2D eigenvalue weighted by Gasteiger charge is 2.13. The molecule has 0 radical (unpaired) electrons. The van der Waals surface area contributed by atoms with E-state index in [2.05, 4.69) is 38.7 Å². The Morgan fingerprint density at radius 2 is 1.84 bits per heavy atom. The number of halogens is 1. The van der Waals surface area contributed by atoms with Gasteiger partial charge in [0.25, 0.3) is 0 Å². The fraction of sp³-hybridized carbons (Fsp3) is 0.318. The van der Waals surface area contributed by atoms with E-state index in [1.807, 2.05) is 0 Å². The Kier molecular flexibility index (Phi) is 9.83. The van der Waals surface area contributed by atoms with Crippen molar-refractivity contribution in [1.29, 1.82) is 0 Å². The van der Waals surface area contributed by atoms with Crippen LogP contribution in [0.2, 0.25) is 0 Å². The Bertz CT molecular complexity index is 933. The molecule has 0 fully saturated rings. The second-order valence-corrected chi connectivity index (χ2v) is 7.31. The molecule has 2 amide bonds. The summed E-state index contributed by atoms with van der Waals surface area (Å²) in [5.74, 6) is 0.653. The third-order valence-corrected chi connectivity index (χ3v) is 4.69. The van der Waals surface area contributed by atoms with Crippen LogP contribution in [0.4, 0.5) is 5.69 Å². The lowest BCUT2D eigenvalue weighted by Gasteiger charge is -2.13. The molecule has 0 unspecified atom stereocenters. The smallest absolute Gasteiger partial charge is 0.249 e. The number of hydrogen-bond acceptors (Lipinski definition) is 6. The maximum Gasteiger partial charge on any atom is 0.249 e. The Labute approximate surface area is 190 Å². The van der Waals surface area contributed by atoms with Gasteiger partial charge in [0.15, 0.2) is 11.5 Å². The number of unbranched alkanes of at least 4 members (excludes halogenated alkanes) is 1. The molecule has 0 heterocycles. The van der Waals surface area contributed by atoms with Crippen molar-refractivity contribution in [3.63, 3.8) is 0 Å². The number of rotatable bonds is 11. The fourth-order valence-corrected chi connectivity index (χ4v) is 3.15. The SMILES string of the molecule is CCCCOc1c(Br)cc(C=NNC(=O)CC(=O)Nc2ccccc2OC)cc1OC. The van der Waals surface area contributed by atoms with E-state index in [9.17, 15) is 9.59 Å². The maximum atomic E-state index is 12.1. The third-order valence-electron chi connectivity index (χ3n) is 4.10. The first-order chi connectivity index (χ1) is 15.0. The van der Waals surface area contributed by atoms with Crippen LogP contribution in [0.3, 0.4) is 0 Å². The van der Waals surface area contributed by atoms with E-state index in [0.717, 1.165) is 12.8 Å². The average molecular weight is 492 g/mol. The topological polar surface area (TPSA) is 98.2 Å².